The molecule has 1 fully saturated rings. The number of carbonyl (C=O) groups excluding carboxylic acids is 1. The van der Waals surface area contributed by atoms with Crippen molar-refractivity contribution in [2.45, 2.75) is 18.9 Å². The highest BCUT2D eigenvalue weighted by Crippen LogP contribution is 2.18. The Hall–Kier alpha value is -2.11. The molecule has 1 aliphatic rings. The number of rotatable bonds is 4. The molecule has 19 heavy (non-hydrogen) atoms. The maximum absolute atomic E-state index is 12.9. The van der Waals surface area contributed by atoms with Crippen LogP contribution in [0.4, 0.5) is 10.1 Å². The molecule has 0 spiro atoms. The van der Waals surface area contributed by atoms with Gasteiger partial charge in [-0.3, -0.25) is 9.79 Å². The Labute approximate surface area is 111 Å². The lowest BCUT2D eigenvalue weighted by atomic mass is 10.3. The lowest BCUT2D eigenvalue weighted by Gasteiger charge is -2.11. The molecular formula is C13H17FN4O. The maximum Gasteiger partial charge on any atom is 0.243 e. The second-order valence-electron chi connectivity index (χ2n) is 4.40. The van der Waals surface area contributed by atoms with Gasteiger partial charge in [-0.1, -0.05) is 6.07 Å². The molecule has 0 aliphatic heterocycles. The van der Waals surface area contributed by atoms with Crippen LogP contribution in [0.3, 0.4) is 0 Å². The van der Waals surface area contributed by atoms with Crippen LogP contribution in [-0.2, 0) is 4.79 Å². The van der Waals surface area contributed by atoms with Crippen molar-refractivity contribution in [2.24, 2.45) is 4.99 Å². The predicted molar refractivity (Wildman–Crippen MR) is 72.5 cm³/mol. The third-order valence-electron chi connectivity index (χ3n) is 2.67. The number of nitrogens with one attached hydrogen (secondary N) is 3. The Morgan fingerprint density at radius 2 is 2.26 bits per heavy atom. The fourth-order valence-corrected chi connectivity index (χ4v) is 1.55. The van der Waals surface area contributed by atoms with Crippen LogP contribution in [0, 0.1) is 5.82 Å². The minimum absolute atomic E-state index is 0.0862. The van der Waals surface area contributed by atoms with Crippen LogP contribution >= 0.6 is 0 Å². The molecule has 6 heteroatoms. The van der Waals surface area contributed by atoms with Gasteiger partial charge in [0.1, 0.15) is 5.82 Å². The van der Waals surface area contributed by atoms with E-state index < -0.39 is 0 Å². The summed E-state index contributed by atoms with van der Waals surface area (Å²) < 4.78 is 12.9. The van der Waals surface area contributed by atoms with Crippen molar-refractivity contribution in [1.29, 1.82) is 0 Å². The third kappa shape index (κ3) is 4.57. The van der Waals surface area contributed by atoms with E-state index in [9.17, 15) is 9.18 Å². The number of halogens is 1. The van der Waals surface area contributed by atoms with Gasteiger partial charge in [0, 0.05) is 18.8 Å². The largest absolute Gasteiger partial charge is 0.354 e. The van der Waals surface area contributed by atoms with E-state index in [0.29, 0.717) is 17.7 Å². The first-order valence-corrected chi connectivity index (χ1v) is 6.20. The first-order valence-electron chi connectivity index (χ1n) is 6.20. The summed E-state index contributed by atoms with van der Waals surface area (Å²) in [6.45, 7) is 0.0862. The summed E-state index contributed by atoms with van der Waals surface area (Å²) in [5, 5.41) is 8.68. The average Bonchev–Trinajstić information content (AvgIpc) is 3.18. The van der Waals surface area contributed by atoms with Crippen LogP contribution in [0.15, 0.2) is 29.3 Å². The third-order valence-corrected chi connectivity index (χ3v) is 2.67. The summed E-state index contributed by atoms with van der Waals surface area (Å²) in [5.74, 6) is -0.0155. The lowest BCUT2D eigenvalue weighted by Crippen LogP contribution is -2.42. The molecule has 1 aliphatic carbocycles. The minimum atomic E-state index is -0.378. The van der Waals surface area contributed by atoms with E-state index in [0.717, 1.165) is 12.8 Å². The van der Waals surface area contributed by atoms with Crippen molar-refractivity contribution in [2.75, 3.05) is 18.9 Å². The van der Waals surface area contributed by atoms with Crippen molar-refractivity contribution in [1.82, 2.24) is 10.6 Å². The Morgan fingerprint density at radius 3 is 2.89 bits per heavy atom. The zero-order valence-corrected chi connectivity index (χ0v) is 10.7. The molecule has 5 nitrogen and oxygen atoms in total. The molecule has 0 radical (unpaired) electrons. The standard InChI is InChI=1S/C13H17FN4O/c1-15-13(18-10-5-6-10)16-8-12(19)17-11-4-2-3-9(14)7-11/h2-4,7,10H,5-6,8H2,1H3,(H,17,19)(H2,15,16,18). The topological polar surface area (TPSA) is 65.5 Å². The second-order valence-corrected chi connectivity index (χ2v) is 4.40. The lowest BCUT2D eigenvalue weighted by molar-refractivity contribution is -0.115. The summed E-state index contributed by atoms with van der Waals surface area (Å²) in [7, 11) is 1.65. The maximum atomic E-state index is 12.9. The summed E-state index contributed by atoms with van der Waals surface area (Å²) in [6.07, 6.45) is 2.27. The molecule has 1 aromatic rings. The molecule has 0 bridgehead atoms. The molecular weight excluding hydrogens is 247 g/mol. The van der Waals surface area contributed by atoms with Gasteiger partial charge in [-0.2, -0.15) is 0 Å². The number of hydrogen-bond donors (Lipinski definition) is 3. The van der Waals surface area contributed by atoms with Crippen LogP contribution in [-0.4, -0.2) is 31.5 Å². The summed E-state index contributed by atoms with van der Waals surface area (Å²) >= 11 is 0. The van der Waals surface area contributed by atoms with Crippen molar-refractivity contribution in [3.05, 3.63) is 30.1 Å². The first-order chi connectivity index (χ1) is 9.17. The Bertz CT molecular complexity index is 485. The Kier molecular flexibility index (Phi) is 4.33. The molecule has 1 saturated carbocycles. The van der Waals surface area contributed by atoms with Crippen LogP contribution in [0.25, 0.3) is 0 Å². The van der Waals surface area contributed by atoms with Crippen LogP contribution in [0.2, 0.25) is 0 Å². The molecule has 2 rings (SSSR count). The fourth-order valence-electron chi connectivity index (χ4n) is 1.55. The molecule has 0 unspecified atom stereocenters. The number of hydrogen-bond acceptors (Lipinski definition) is 2. The number of anilines is 1. The molecule has 0 heterocycles. The molecule has 3 N–H and O–H groups in total. The second kappa shape index (κ2) is 6.17. The highest BCUT2D eigenvalue weighted by molar-refractivity contribution is 5.95. The molecule has 1 amide bonds. The van der Waals surface area contributed by atoms with Crippen LogP contribution < -0.4 is 16.0 Å². The summed E-state index contributed by atoms with van der Waals surface area (Å²) in [4.78, 5) is 15.7. The highest BCUT2D eigenvalue weighted by Gasteiger charge is 2.22. The SMILES string of the molecule is CN=C(NCC(=O)Nc1cccc(F)c1)NC1CC1. The summed E-state index contributed by atoms with van der Waals surface area (Å²) in [5.41, 5.74) is 0.442. The van der Waals surface area contributed by atoms with E-state index in [1.54, 1.807) is 19.2 Å². The minimum Gasteiger partial charge on any atom is -0.354 e. The van der Waals surface area contributed by atoms with Gasteiger partial charge >= 0.3 is 0 Å². The average molecular weight is 264 g/mol. The number of amides is 1. The van der Waals surface area contributed by atoms with Crippen molar-refractivity contribution in [3.63, 3.8) is 0 Å². The van der Waals surface area contributed by atoms with Gasteiger partial charge in [0.2, 0.25) is 5.91 Å². The predicted octanol–water partition coefficient (Wildman–Crippen LogP) is 1.09. The van der Waals surface area contributed by atoms with Gasteiger partial charge in [-0.25, -0.2) is 4.39 Å². The fraction of sp³-hybridized carbons (Fsp3) is 0.385. The smallest absolute Gasteiger partial charge is 0.243 e. The molecule has 0 aromatic heterocycles. The number of benzene rings is 1. The van der Waals surface area contributed by atoms with Gasteiger partial charge < -0.3 is 16.0 Å². The van der Waals surface area contributed by atoms with E-state index in [4.69, 9.17) is 0 Å². The normalized spacial score (nSPS) is 14.9. The number of guanidine groups is 1. The van der Waals surface area contributed by atoms with Gasteiger partial charge in [0.05, 0.1) is 6.54 Å². The van der Waals surface area contributed by atoms with Crippen LogP contribution in [0.5, 0.6) is 0 Å². The number of carbonyl (C=O) groups is 1. The van der Waals surface area contributed by atoms with Gasteiger partial charge in [-0.15, -0.1) is 0 Å². The van der Waals surface area contributed by atoms with E-state index in [2.05, 4.69) is 20.9 Å². The monoisotopic (exact) mass is 264 g/mol. The van der Waals surface area contributed by atoms with Crippen molar-refractivity contribution < 1.29 is 9.18 Å². The Balaban J connectivity index is 1.77. The zero-order chi connectivity index (χ0) is 13.7. The van der Waals surface area contributed by atoms with Gasteiger partial charge in [-0.05, 0) is 31.0 Å². The number of nitrogens with zero attached hydrogens (tertiary/aromatic N) is 1. The van der Waals surface area contributed by atoms with Crippen molar-refractivity contribution >= 4 is 17.6 Å². The summed E-state index contributed by atoms with van der Waals surface area (Å²) in [6, 6.07) is 6.26. The molecule has 102 valence electrons. The quantitative estimate of drug-likeness (QED) is 0.563. The van der Waals surface area contributed by atoms with E-state index in [1.165, 1.54) is 12.1 Å². The van der Waals surface area contributed by atoms with E-state index >= 15 is 0 Å². The first kappa shape index (κ1) is 13.3. The van der Waals surface area contributed by atoms with E-state index in [-0.39, 0.29) is 18.3 Å². The molecule has 0 saturated heterocycles. The molecule has 0 atom stereocenters. The van der Waals surface area contributed by atoms with Gasteiger partial charge in [0.25, 0.3) is 0 Å². The molecule has 1 aromatic carbocycles. The highest BCUT2D eigenvalue weighted by atomic mass is 19.1. The van der Waals surface area contributed by atoms with E-state index in [1.807, 2.05) is 0 Å². The Morgan fingerprint density at radius 1 is 1.47 bits per heavy atom. The van der Waals surface area contributed by atoms with Gasteiger partial charge in [0.15, 0.2) is 5.96 Å². The zero-order valence-electron chi connectivity index (χ0n) is 10.7. The van der Waals surface area contributed by atoms with Crippen LogP contribution in [0.1, 0.15) is 12.8 Å². The number of aliphatic imine (C=N–C) groups is 1. The van der Waals surface area contributed by atoms with Crippen molar-refractivity contribution in [3.8, 4) is 0 Å².